The van der Waals surface area contributed by atoms with Gasteiger partial charge < -0.3 is 31.8 Å². The van der Waals surface area contributed by atoms with E-state index in [-0.39, 0.29) is 18.8 Å². The maximum absolute atomic E-state index is 13.7. The minimum atomic E-state index is -1.24. The highest BCUT2D eigenvalue weighted by Gasteiger charge is 2.31. The fourth-order valence-electron chi connectivity index (χ4n) is 5.27. The maximum Gasteiger partial charge on any atom is 0.326 e. The van der Waals surface area contributed by atoms with E-state index in [1.807, 2.05) is 98.8 Å². The molecular weight excluding hydrogens is 570 g/mol. The first-order valence-electron chi connectivity index (χ1n) is 15.1. The average molecular weight is 612 g/mol. The first-order valence-corrected chi connectivity index (χ1v) is 15.1. The number of para-hydroxylation sites is 1. The molecule has 0 spiro atoms. The van der Waals surface area contributed by atoms with Gasteiger partial charge in [0, 0.05) is 29.9 Å². The number of fused-ring (bicyclic) bond motifs is 1. The number of nitrogens with one attached hydrogen (secondary N) is 4. The molecule has 7 N–H and O–H groups in total. The van der Waals surface area contributed by atoms with Gasteiger partial charge in [-0.1, -0.05) is 92.7 Å². The fourth-order valence-corrected chi connectivity index (χ4v) is 5.27. The topological polar surface area (TPSA) is 166 Å². The first kappa shape index (κ1) is 32.9. The zero-order chi connectivity index (χ0) is 32.3. The number of rotatable bonds is 15. The van der Waals surface area contributed by atoms with Crippen molar-refractivity contribution in [2.75, 3.05) is 0 Å². The highest BCUT2D eigenvalue weighted by atomic mass is 16.4. The lowest BCUT2D eigenvalue weighted by Crippen LogP contribution is -2.58. The third-order valence-corrected chi connectivity index (χ3v) is 7.60. The Balaban J connectivity index is 1.50. The lowest BCUT2D eigenvalue weighted by Gasteiger charge is -2.26. The lowest BCUT2D eigenvalue weighted by molar-refractivity contribution is -0.142. The molecule has 0 bridgehead atoms. The number of H-pyrrole nitrogens is 1. The van der Waals surface area contributed by atoms with Gasteiger partial charge in [-0.05, 0) is 41.5 Å². The molecule has 0 saturated heterocycles. The molecule has 4 unspecified atom stereocenters. The van der Waals surface area contributed by atoms with Gasteiger partial charge >= 0.3 is 5.97 Å². The predicted molar refractivity (Wildman–Crippen MR) is 173 cm³/mol. The Hall–Kier alpha value is -4.96. The van der Waals surface area contributed by atoms with Crippen molar-refractivity contribution in [1.29, 1.82) is 0 Å². The van der Waals surface area contributed by atoms with Gasteiger partial charge in [0.2, 0.25) is 17.7 Å². The number of carboxylic acid groups (broad SMARTS) is 1. The Kier molecular flexibility index (Phi) is 11.5. The van der Waals surface area contributed by atoms with Crippen molar-refractivity contribution in [1.82, 2.24) is 20.9 Å². The molecule has 0 radical (unpaired) electrons. The van der Waals surface area contributed by atoms with Crippen molar-refractivity contribution in [2.45, 2.75) is 63.7 Å². The Bertz CT molecular complexity index is 1590. The van der Waals surface area contributed by atoms with Crippen LogP contribution in [-0.4, -0.2) is 57.9 Å². The highest BCUT2D eigenvalue weighted by molar-refractivity contribution is 5.94. The second kappa shape index (κ2) is 15.7. The van der Waals surface area contributed by atoms with E-state index in [1.54, 1.807) is 6.20 Å². The van der Waals surface area contributed by atoms with Crippen LogP contribution in [0, 0.1) is 5.92 Å². The molecule has 4 rings (SSSR count). The van der Waals surface area contributed by atoms with Crippen LogP contribution in [0.1, 0.15) is 37.0 Å². The second-order valence-electron chi connectivity index (χ2n) is 11.7. The van der Waals surface area contributed by atoms with Crippen molar-refractivity contribution in [3.8, 4) is 0 Å². The molecule has 4 atom stereocenters. The molecule has 0 aliphatic heterocycles. The number of carbonyl (C=O) groups is 4. The molecule has 3 aromatic carbocycles. The van der Waals surface area contributed by atoms with Crippen molar-refractivity contribution in [2.24, 2.45) is 11.7 Å². The summed E-state index contributed by atoms with van der Waals surface area (Å²) in [6.07, 6.45) is 2.51. The molecular formula is C35H41N5O5. The summed E-state index contributed by atoms with van der Waals surface area (Å²) in [6.45, 7) is 3.85. The van der Waals surface area contributed by atoms with E-state index in [2.05, 4.69) is 20.9 Å². The molecule has 236 valence electrons. The molecule has 0 aliphatic rings. The summed E-state index contributed by atoms with van der Waals surface area (Å²) < 4.78 is 0. The van der Waals surface area contributed by atoms with Gasteiger partial charge in [-0.25, -0.2) is 4.79 Å². The molecule has 4 aromatic rings. The number of aromatic amines is 1. The van der Waals surface area contributed by atoms with E-state index in [9.17, 15) is 24.3 Å². The fraction of sp³-hybridized carbons (Fsp3) is 0.314. The number of carboxylic acids is 1. The van der Waals surface area contributed by atoms with Crippen LogP contribution in [0.5, 0.6) is 0 Å². The molecule has 1 heterocycles. The number of carbonyl (C=O) groups excluding carboxylic acids is 3. The quantitative estimate of drug-likeness (QED) is 0.121. The minimum absolute atomic E-state index is 0.0420. The smallest absolute Gasteiger partial charge is 0.326 e. The molecule has 45 heavy (non-hydrogen) atoms. The Labute approximate surface area is 262 Å². The van der Waals surface area contributed by atoms with Gasteiger partial charge in [-0.15, -0.1) is 0 Å². The van der Waals surface area contributed by atoms with Gasteiger partial charge in [-0.2, -0.15) is 0 Å². The summed E-state index contributed by atoms with van der Waals surface area (Å²) in [5.74, 6) is -2.83. The van der Waals surface area contributed by atoms with Crippen LogP contribution >= 0.6 is 0 Å². The first-order chi connectivity index (χ1) is 21.6. The number of hydrogen-bond donors (Lipinski definition) is 6. The summed E-state index contributed by atoms with van der Waals surface area (Å²) in [5, 5.41) is 19.1. The highest BCUT2D eigenvalue weighted by Crippen LogP contribution is 2.19. The molecule has 10 nitrogen and oxygen atoms in total. The Morgan fingerprint density at radius 1 is 0.689 bits per heavy atom. The summed E-state index contributed by atoms with van der Waals surface area (Å²) in [5.41, 5.74) is 9.46. The second-order valence-corrected chi connectivity index (χ2v) is 11.7. The van der Waals surface area contributed by atoms with Crippen LogP contribution < -0.4 is 21.7 Å². The zero-order valence-corrected chi connectivity index (χ0v) is 25.5. The number of benzene rings is 3. The Morgan fingerprint density at radius 3 is 1.84 bits per heavy atom. The van der Waals surface area contributed by atoms with E-state index in [4.69, 9.17) is 5.73 Å². The normalized spacial score (nSPS) is 13.9. The van der Waals surface area contributed by atoms with Crippen molar-refractivity contribution >= 4 is 34.6 Å². The van der Waals surface area contributed by atoms with Crippen LogP contribution in [0.4, 0.5) is 0 Å². The average Bonchev–Trinajstić information content (AvgIpc) is 3.43. The standard InChI is InChI=1S/C35H41N5O5/c1-22(2)17-29(38-32(41)27(36)18-23-11-5-3-6-12-23)33(42)39-30(19-24-13-7-4-8-14-24)34(43)40-31(35(44)45)20-25-21-37-28-16-10-9-15-26(25)28/h3-16,21-22,27,29-31,37H,17-20,36H2,1-2H3,(H,38,41)(H,39,42)(H,40,43)(H,44,45). The number of amides is 3. The lowest BCUT2D eigenvalue weighted by atomic mass is 9.99. The van der Waals surface area contributed by atoms with Gasteiger partial charge in [0.15, 0.2) is 0 Å². The molecule has 0 fully saturated rings. The summed E-state index contributed by atoms with van der Waals surface area (Å²) in [6, 6.07) is 21.8. The van der Waals surface area contributed by atoms with Crippen LogP contribution in [0.15, 0.2) is 91.1 Å². The predicted octanol–water partition coefficient (Wildman–Crippen LogP) is 3.11. The third-order valence-electron chi connectivity index (χ3n) is 7.60. The minimum Gasteiger partial charge on any atom is -0.480 e. The molecule has 1 aromatic heterocycles. The van der Waals surface area contributed by atoms with Crippen LogP contribution in [-0.2, 0) is 38.4 Å². The van der Waals surface area contributed by atoms with Crippen molar-refractivity contribution < 1.29 is 24.3 Å². The van der Waals surface area contributed by atoms with Gasteiger partial charge in [0.25, 0.3) is 0 Å². The van der Waals surface area contributed by atoms with E-state index in [0.717, 1.165) is 27.6 Å². The number of nitrogens with two attached hydrogens (primary N) is 1. The SMILES string of the molecule is CC(C)CC(NC(=O)C(N)Cc1ccccc1)C(=O)NC(Cc1ccccc1)C(=O)NC(Cc1c[nH]c2ccccc12)C(=O)O. The Morgan fingerprint density at radius 2 is 1.22 bits per heavy atom. The zero-order valence-electron chi connectivity index (χ0n) is 25.5. The van der Waals surface area contributed by atoms with Crippen LogP contribution in [0.2, 0.25) is 0 Å². The largest absolute Gasteiger partial charge is 0.480 e. The summed E-state index contributed by atoms with van der Waals surface area (Å²) >= 11 is 0. The van der Waals surface area contributed by atoms with E-state index in [0.29, 0.717) is 12.8 Å². The van der Waals surface area contributed by atoms with E-state index < -0.39 is 47.9 Å². The summed E-state index contributed by atoms with van der Waals surface area (Å²) in [7, 11) is 0. The van der Waals surface area contributed by atoms with Gasteiger partial charge in [-0.3, -0.25) is 14.4 Å². The molecule has 0 saturated carbocycles. The monoisotopic (exact) mass is 611 g/mol. The third kappa shape index (κ3) is 9.51. The number of aliphatic carboxylic acids is 1. The van der Waals surface area contributed by atoms with Crippen molar-refractivity contribution in [3.05, 3.63) is 108 Å². The number of hydrogen-bond acceptors (Lipinski definition) is 5. The van der Waals surface area contributed by atoms with E-state index >= 15 is 0 Å². The van der Waals surface area contributed by atoms with Crippen LogP contribution in [0.25, 0.3) is 10.9 Å². The van der Waals surface area contributed by atoms with Crippen molar-refractivity contribution in [3.63, 3.8) is 0 Å². The maximum atomic E-state index is 13.7. The van der Waals surface area contributed by atoms with Gasteiger partial charge in [0.1, 0.15) is 18.1 Å². The molecule has 10 heteroatoms. The molecule has 0 aliphatic carbocycles. The molecule has 3 amide bonds. The van der Waals surface area contributed by atoms with Gasteiger partial charge in [0.05, 0.1) is 6.04 Å². The van der Waals surface area contributed by atoms with Crippen LogP contribution in [0.3, 0.4) is 0 Å². The van der Waals surface area contributed by atoms with E-state index in [1.165, 1.54) is 0 Å². The number of aromatic nitrogens is 1. The summed E-state index contributed by atoms with van der Waals surface area (Å²) in [4.78, 5) is 55.8.